The van der Waals surface area contributed by atoms with Gasteiger partial charge in [0, 0.05) is 23.5 Å². The Labute approximate surface area is 91.1 Å². The van der Waals surface area contributed by atoms with E-state index in [1.54, 1.807) is 0 Å². The van der Waals surface area contributed by atoms with Gasteiger partial charge in [0.1, 0.15) is 0 Å². The second kappa shape index (κ2) is 3.16. The van der Waals surface area contributed by atoms with E-state index in [4.69, 9.17) is 0 Å². The first-order valence-electron chi connectivity index (χ1n) is 5.91. The predicted molar refractivity (Wildman–Crippen MR) is 64.6 cm³/mol. The molecule has 0 aliphatic carbocycles. The van der Waals surface area contributed by atoms with Crippen LogP contribution in [-0.4, -0.2) is 12.1 Å². The zero-order valence-electron chi connectivity index (χ0n) is 9.43. The molecule has 2 heteroatoms. The van der Waals surface area contributed by atoms with Crippen molar-refractivity contribution in [2.75, 3.05) is 10.6 Å². The Morgan fingerprint density at radius 1 is 1.00 bits per heavy atom. The van der Waals surface area contributed by atoms with Gasteiger partial charge in [-0.25, -0.2) is 0 Å². The summed E-state index contributed by atoms with van der Waals surface area (Å²) in [5.41, 5.74) is 5.68. The molecule has 0 aromatic heterocycles. The summed E-state index contributed by atoms with van der Waals surface area (Å²) in [6.45, 7) is 4.51. The third-order valence-electron chi connectivity index (χ3n) is 3.51. The van der Waals surface area contributed by atoms with E-state index in [0.717, 1.165) is 0 Å². The molecule has 80 valence electrons. The molecular weight excluding hydrogens is 184 g/mol. The molecule has 2 heterocycles. The van der Waals surface area contributed by atoms with E-state index in [1.807, 2.05) is 0 Å². The lowest BCUT2D eigenvalue weighted by Gasteiger charge is -2.25. The summed E-state index contributed by atoms with van der Waals surface area (Å²) in [5.74, 6) is 0. The minimum Gasteiger partial charge on any atom is -0.382 e. The molecule has 0 radical (unpaired) electrons. The first kappa shape index (κ1) is 9.08. The quantitative estimate of drug-likeness (QED) is 0.676. The summed E-state index contributed by atoms with van der Waals surface area (Å²) in [4.78, 5) is 0. The molecule has 1 aromatic rings. The summed E-state index contributed by atoms with van der Waals surface area (Å²) in [6, 6.07) is 5.91. The Kier molecular flexibility index (Phi) is 1.91. The van der Waals surface area contributed by atoms with Crippen molar-refractivity contribution in [1.29, 1.82) is 0 Å². The number of benzene rings is 1. The van der Waals surface area contributed by atoms with Crippen molar-refractivity contribution in [3.05, 3.63) is 23.3 Å². The zero-order valence-corrected chi connectivity index (χ0v) is 9.43. The van der Waals surface area contributed by atoms with Crippen LogP contribution in [0.1, 0.15) is 31.4 Å². The van der Waals surface area contributed by atoms with E-state index < -0.39 is 0 Å². The Hall–Kier alpha value is -1.18. The van der Waals surface area contributed by atoms with Crippen LogP contribution >= 0.6 is 0 Å². The van der Waals surface area contributed by atoms with Crippen molar-refractivity contribution in [2.45, 2.75) is 45.2 Å². The van der Waals surface area contributed by atoms with Crippen LogP contribution in [0.3, 0.4) is 0 Å². The number of aryl methyl sites for hydroxylation is 1. The number of rotatable bonds is 0. The maximum absolute atomic E-state index is 3.58. The lowest BCUT2D eigenvalue weighted by Crippen LogP contribution is -2.21. The van der Waals surface area contributed by atoms with Gasteiger partial charge >= 0.3 is 0 Å². The Balaban J connectivity index is 2.02. The highest BCUT2D eigenvalue weighted by Crippen LogP contribution is 2.34. The number of hydrogen-bond acceptors (Lipinski definition) is 2. The maximum Gasteiger partial charge on any atom is 0.0379 e. The van der Waals surface area contributed by atoms with E-state index in [-0.39, 0.29) is 0 Å². The standard InChI is InChI=1S/C13H18N2/c1-8-3-4-10-6-13-11(5-9(2)15-13)7-12(10)14-8/h6-9,14-15H,3-5H2,1-2H3. The number of hydrogen-bond donors (Lipinski definition) is 2. The van der Waals surface area contributed by atoms with Crippen LogP contribution in [0.15, 0.2) is 12.1 Å². The van der Waals surface area contributed by atoms with E-state index in [9.17, 15) is 0 Å². The Morgan fingerprint density at radius 3 is 2.53 bits per heavy atom. The molecule has 0 bridgehead atoms. The van der Waals surface area contributed by atoms with Crippen LogP contribution in [0.2, 0.25) is 0 Å². The van der Waals surface area contributed by atoms with Gasteiger partial charge in [-0.15, -0.1) is 0 Å². The van der Waals surface area contributed by atoms with Crippen LogP contribution in [-0.2, 0) is 12.8 Å². The average Bonchev–Trinajstić information content (AvgIpc) is 2.53. The highest BCUT2D eigenvalue weighted by Gasteiger charge is 2.21. The summed E-state index contributed by atoms with van der Waals surface area (Å²) in [7, 11) is 0. The molecule has 0 saturated carbocycles. The summed E-state index contributed by atoms with van der Waals surface area (Å²) in [5, 5.41) is 7.11. The van der Waals surface area contributed by atoms with Crippen molar-refractivity contribution in [1.82, 2.24) is 0 Å². The first-order valence-corrected chi connectivity index (χ1v) is 5.91. The van der Waals surface area contributed by atoms with Crippen LogP contribution in [0.5, 0.6) is 0 Å². The number of nitrogens with one attached hydrogen (secondary N) is 2. The van der Waals surface area contributed by atoms with Crippen molar-refractivity contribution < 1.29 is 0 Å². The molecule has 15 heavy (non-hydrogen) atoms. The highest BCUT2D eigenvalue weighted by molar-refractivity contribution is 5.68. The third kappa shape index (κ3) is 1.48. The molecule has 0 amide bonds. The molecule has 0 spiro atoms. The fourth-order valence-corrected chi connectivity index (χ4v) is 2.69. The number of anilines is 2. The SMILES string of the molecule is CC1CCc2cc3c(cc2N1)CC(C)N3. The largest absolute Gasteiger partial charge is 0.382 e. The maximum atomic E-state index is 3.58. The summed E-state index contributed by atoms with van der Waals surface area (Å²) < 4.78 is 0. The van der Waals surface area contributed by atoms with Crippen molar-refractivity contribution in [2.24, 2.45) is 0 Å². The Bertz CT molecular complexity index is 398. The fraction of sp³-hybridized carbons (Fsp3) is 0.538. The van der Waals surface area contributed by atoms with Crippen LogP contribution < -0.4 is 10.6 Å². The average molecular weight is 202 g/mol. The van der Waals surface area contributed by atoms with Gasteiger partial charge in [-0.1, -0.05) is 0 Å². The van der Waals surface area contributed by atoms with Crippen molar-refractivity contribution in [3.8, 4) is 0 Å². The van der Waals surface area contributed by atoms with Gasteiger partial charge in [-0.2, -0.15) is 0 Å². The molecule has 2 atom stereocenters. The molecule has 3 rings (SSSR count). The molecule has 2 aliphatic heterocycles. The minimum atomic E-state index is 0.598. The van der Waals surface area contributed by atoms with Crippen molar-refractivity contribution >= 4 is 11.4 Å². The molecule has 0 fully saturated rings. The second-order valence-electron chi connectivity index (χ2n) is 5.00. The van der Waals surface area contributed by atoms with Gasteiger partial charge in [-0.05, 0) is 56.4 Å². The van der Waals surface area contributed by atoms with E-state index in [2.05, 4.69) is 36.6 Å². The zero-order chi connectivity index (χ0) is 10.4. The van der Waals surface area contributed by atoms with Crippen molar-refractivity contribution in [3.63, 3.8) is 0 Å². The summed E-state index contributed by atoms with van der Waals surface area (Å²) >= 11 is 0. The first-order chi connectivity index (χ1) is 7.22. The molecular formula is C13H18N2. The smallest absolute Gasteiger partial charge is 0.0379 e. The van der Waals surface area contributed by atoms with Crippen LogP contribution in [0, 0.1) is 0 Å². The van der Waals surface area contributed by atoms with Crippen LogP contribution in [0.4, 0.5) is 11.4 Å². The fourth-order valence-electron chi connectivity index (χ4n) is 2.69. The van der Waals surface area contributed by atoms with Gasteiger partial charge in [0.2, 0.25) is 0 Å². The van der Waals surface area contributed by atoms with Crippen LogP contribution in [0.25, 0.3) is 0 Å². The normalized spacial score (nSPS) is 27.6. The van der Waals surface area contributed by atoms with E-state index in [0.29, 0.717) is 12.1 Å². The van der Waals surface area contributed by atoms with Gasteiger partial charge in [0.15, 0.2) is 0 Å². The molecule has 2 unspecified atom stereocenters. The molecule has 1 aromatic carbocycles. The monoisotopic (exact) mass is 202 g/mol. The molecule has 2 nitrogen and oxygen atoms in total. The minimum absolute atomic E-state index is 0.598. The predicted octanol–water partition coefficient (Wildman–Crippen LogP) is 2.79. The third-order valence-corrected chi connectivity index (χ3v) is 3.51. The number of fused-ring (bicyclic) bond motifs is 2. The van der Waals surface area contributed by atoms with E-state index >= 15 is 0 Å². The highest BCUT2D eigenvalue weighted by atomic mass is 15.0. The molecule has 0 saturated heterocycles. The second-order valence-corrected chi connectivity index (χ2v) is 5.00. The molecule has 2 N–H and O–H groups in total. The van der Waals surface area contributed by atoms with Gasteiger partial charge in [-0.3, -0.25) is 0 Å². The lowest BCUT2D eigenvalue weighted by molar-refractivity contribution is 0.681. The van der Waals surface area contributed by atoms with Gasteiger partial charge in [0.05, 0.1) is 0 Å². The lowest BCUT2D eigenvalue weighted by atomic mass is 9.96. The van der Waals surface area contributed by atoms with E-state index in [1.165, 1.54) is 41.8 Å². The molecule has 2 aliphatic rings. The summed E-state index contributed by atoms with van der Waals surface area (Å²) in [6.07, 6.45) is 3.63. The topological polar surface area (TPSA) is 24.1 Å². The van der Waals surface area contributed by atoms with Gasteiger partial charge in [0.25, 0.3) is 0 Å². The Morgan fingerprint density at radius 2 is 1.67 bits per heavy atom. The van der Waals surface area contributed by atoms with Gasteiger partial charge < -0.3 is 10.6 Å².